The van der Waals surface area contributed by atoms with Gasteiger partial charge in [0.15, 0.2) is 5.82 Å². The van der Waals surface area contributed by atoms with Crippen LogP contribution in [0.3, 0.4) is 0 Å². The Morgan fingerprint density at radius 1 is 1.32 bits per heavy atom. The summed E-state index contributed by atoms with van der Waals surface area (Å²) in [6, 6.07) is 12.8. The monoisotopic (exact) mass is 310 g/mol. The van der Waals surface area contributed by atoms with Crippen LogP contribution in [-0.2, 0) is 5.41 Å². The van der Waals surface area contributed by atoms with Gasteiger partial charge in [-0.1, -0.05) is 31.2 Å². The van der Waals surface area contributed by atoms with Gasteiger partial charge < -0.3 is 5.43 Å². The van der Waals surface area contributed by atoms with Crippen molar-refractivity contribution in [2.45, 2.75) is 30.1 Å². The van der Waals surface area contributed by atoms with Crippen molar-refractivity contribution >= 4 is 17.6 Å². The summed E-state index contributed by atoms with van der Waals surface area (Å²) < 4.78 is 0. The molecule has 1 fully saturated rings. The van der Waals surface area contributed by atoms with E-state index in [1.165, 1.54) is 0 Å². The van der Waals surface area contributed by atoms with Crippen LogP contribution in [0.15, 0.2) is 41.4 Å². The van der Waals surface area contributed by atoms with Crippen molar-refractivity contribution in [1.82, 2.24) is 4.98 Å². The first-order chi connectivity index (χ1) is 10.7. The Kier molecular flexibility index (Phi) is 4.06. The van der Waals surface area contributed by atoms with E-state index in [-0.39, 0.29) is 5.41 Å². The lowest BCUT2D eigenvalue weighted by molar-refractivity contribution is 0.909. The number of aromatic nitrogens is 1. The highest BCUT2D eigenvalue weighted by Crippen LogP contribution is 2.47. The molecule has 0 bridgehead atoms. The van der Waals surface area contributed by atoms with Crippen molar-refractivity contribution in [2.75, 3.05) is 11.2 Å². The summed E-state index contributed by atoms with van der Waals surface area (Å²) in [4.78, 5) is 5.43. The maximum Gasteiger partial charge on any atom is 0.153 e. The lowest BCUT2D eigenvalue weighted by atomic mass is 9.95. The zero-order chi connectivity index (χ0) is 15.6. The van der Waals surface area contributed by atoms with E-state index < -0.39 is 0 Å². The Morgan fingerprint density at radius 2 is 2.05 bits per heavy atom. The molecule has 2 aromatic rings. The number of anilines is 1. The lowest BCUT2D eigenvalue weighted by Gasteiger charge is -2.11. The van der Waals surface area contributed by atoms with Gasteiger partial charge in [-0.05, 0) is 35.8 Å². The quantitative estimate of drug-likeness (QED) is 0.500. The molecule has 1 aliphatic carbocycles. The van der Waals surface area contributed by atoms with E-state index in [4.69, 9.17) is 5.84 Å². The van der Waals surface area contributed by atoms with Crippen LogP contribution in [0, 0.1) is 11.3 Å². The van der Waals surface area contributed by atoms with Crippen LogP contribution in [-0.4, -0.2) is 10.7 Å². The summed E-state index contributed by atoms with van der Waals surface area (Å²) in [5.41, 5.74) is 5.69. The van der Waals surface area contributed by atoms with Gasteiger partial charge in [0.1, 0.15) is 0 Å². The lowest BCUT2D eigenvalue weighted by Crippen LogP contribution is -2.09. The molecule has 0 aliphatic heterocycles. The third-order valence-corrected chi connectivity index (χ3v) is 4.93. The molecule has 5 heteroatoms. The highest BCUT2D eigenvalue weighted by atomic mass is 32.2. The predicted molar refractivity (Wildman–Crippen MR) is 90.4 cm³/mol. The van der Waals surface area contributed by atoms with Crippen LogP contribution in [0.25, 0.3) is 11.1 Å². The molecule has 112 valence electrons. The van der Waals surface area contributed by atoms with Crippen molar-refractivity contribution in [3.8, 4) is 17.2 Å². The van der Waals surface area contributed by atoms with Crippen LogP contribution < -0.4 is 11.3 Å². The van der Waals surface area contributed by atoms with Gasteiger partial charge in [-0.15, -0.1) is 11.8 Å². The minimum absolute atomic E-state index is 0.229. The van der Waals surface area contributed by atoms with Crippen LogP contribution in [0.1, 0.15) is 25.3 Å². The summed E-state index contributed by atoms with van der Waals surface area (Å²) in [6.45, 7) is 2.10. The van der Waals surface area contributed by atoms with Gasteiger partial charge in [-0.3, -0.25) is 0 Å². The Labute approximate surface area is 134 Å². The van der Waals surface area contributed by atoms with Crippen molar-refractivity contribution in [2.24, 2.45) is 5.84 Å². The minimum Gasteiger partial charge on any atom is -0.308 e. The Balaban J connectivity index is 1.91. The molecule has 0 spiro atoms. The number of hydrazine groups is 1. The normalized spacial score (nSPS) is 15.1. The molecule has 1 saturated carbocycles. The molecule has 0 amide bonds. The highest BCUT2D eigenvalue weighted by molar-refractivity contribution is 7.99. The fourth-order valence-corrected chi connectivity index (χ4v) is 3.32. The third kappa shape index (κ3) is 2.68. The second-order valence-corrected chi connectivity index (χ2v) is 6.73. The Morgan fingerprint density at radius 3 is 2.59 bits per heavy atom. The molecule has 4 nitrogen and oxygen atoms in total. The van der Waals surface area contributed by atoms with Gasteiger partial charge in [0, 0.05) is 11.8 Å². The molecule has 0 atom stereocenters. The second kappa shape index (κ2) is 5.99. The van der Waals surface area contributed by atoms with E-state index in [0.717, 1.165) is 40.2 Å². The van der Waals surface area contributed by atoms with Crippen molar-refractivity contribution in [3.63, 3.8) is 0 Å². The van der Waals surface area contributed by atoms with E-state index >= 15 is 0 Å². The molecule has 22 heavy (non-hydrogen) atoms. The number of thioether (sulfide) groups is 1. The van der Waals surface area contributed by atoms with Crippen molar-refractivity contribution < 1.29 is 0 Å². The Hall–Kier alpha value is -2.03. The highest BCUT2D eigenvalue weighted by Gasteiger charge is 2.44. The molecule has 0 radical (unpaired) electrons. The van der Waals surface area contributed by atoms with Gasteiger partial charge in [0.05, 0.1) is 16.4 Å². The number of hydrogen-bond acceptors (Lipinski definition) is 5. The van der Waals surface area contributed by atoms with E-state index in [1.807, 2.05) is 6.20 Å². The molecule has 3 N–H and O–H groups in total. The number of nitrogens with two attached hydrogens (primary N) is 1. The summed E-state index contributed by atoms with van der Waals surface area (Å²) in [5, 5.41) is 9.27. The van der Waals surface area contributed by atoms with Crippen LogP contribution >= 0.6 is 11.8 Å². The van der Waals surface area contributed by atoms with E-state index in [9.17, 15) is 5.26 Å². The number of pyridine rings is 1. The zero-order valence-corrected chi connectivity index (χ0v) is 13.3. The maximum atomic E-state index is 9.27. The number of nitrogen functional groups attached to an aromatic ring is 1. The molecule has 1 aromatic heterocycles. The summed E-state index contributed by atoms with van der Waals surface area (Å²) in [6.07, 6.45) is 3.76. The first-order valence-electron chi connectivity index (χ1n) is 7.34. The summed E-state index contributed by atoms with van der Waals surface area (Å²) in [7, 11) is 0. The van der Waals surface area contributed by atoms with E-state index in [1.54, 1.807) is 11.8 Å². The second-order valence-electron chi connectivity index (χ2n) is 5.42. The summed E-state index contributed by atoms with van der Waals surface area (Å²) >= 11 is 1.71. The zero-order valence-electron chi connectivity index (χ0n) is 12.5. The van der Waals surface area contributed by atoms with E-state index in [0.29, 0.717) is 5.82 Å². The number of hydrogen-bond donors (Lipinski definition) is 2. The first kappa shape index (κ1) is 14.9. The Bertz CT molecular complexity index is 714. The molecular weight excluding hydrogens is 292 g/mol. The van der Waals surface area contributed by atoms with Crippen molar-refractivity contribution in [3.05, 3.63) is 42.1 Å². The number of rotatable bonds is 5. The maximum absolute atomic E-state index is 9.27. The number of nitrogens with one attached hydrogen (secondary N) is 1. The summed E-state index contributed by atoms with van der Waals surface area (Å²) in [5.74, 6) is 7.17. The van der Waals surface area contributed by atoms with Gasteiger partial charge in [0.2, 0.25) is 0 Å². The topological polar surface area (TPSA) is 74.7 Å². The average Bonchev–Trinajstić information content (AvgIpc) is 3.36. The van der Waals surface area contributed by atoms with Crippen LogP contribution in [0.2, 0.25) is 0 Å². The fraction of sp³-hybridized carbons (Fsp3) is 0.294. The van der Waals surface area contributed by atoms with Gasteiger partial charge >= 0.3 is 0 Å². The minimum atomic E-state index is -0.229. The predicted octanol–water partition coefficient (Wildman–Crippen LogP) is 3.70. The van der Waals surface area contributed by atoms with Gasteiger partial charge in [-0.2, -0.15) is 5.26 Å². The first-order valence-corrected chi connectivity index (χ1v) is 8.32. The number of nitrogens with zero attached hydrogens (tertiary/aromatic N) is 2. The molecule has 1 aliphatic rings. The molecule has 0 saturated heterocycles. The van der Waals surface area contributed by atoms with E-state index in [2.05, 4.69) is 53.7 Å². The molecule has 1 heterocycles. The standard InChI is InChI=1S/C17H18N4S/c1-2-22-15-9-13(10-20-16(15)21-19)12-3-5-14(6-4-12)17(11-18)7-8-17/h3-6,9-10H,2,7-8,19H2,1H3,(H,20,21). The van der Waals surface area contributed by atoms with Crippen LogP contribution in [0.5, 0.6) is 0 Å². The average molecular weight is 310 g/mol. The molecule has 0 unspecified atom stereocenters. The molecular formula is C17H18N4S. The SMILES string of the molecule is CCSc1cc(-c2ccc(C3(C#N)CC3)cc2)cnc1NN. The van der Waals surface area contributed by atoms with Gasteiger partial charge in [0.25, 0.3) is 0 Å². The molecule has 1 aromatic carbocycles. The fourth-order valence-electron chi connectivity index (χ4n) is 2.55. The smallest absolute Gasteiger partial charge is 0.153 e. The number of nitriles is 1. The largest absolute Gasteiger partial charge is 0.308 e. The number of benzene rings is 1. The third-order valence-electron chi connectivity index (χ3n) is 4.02. The van der Waals surface area contributed by atoms with Crippen molar-refractivity contribution in [1.29, 1.82) is 5.26 Å². The van der Waals surface area contributed by atoms with Crippen LogP contribution in [0.4, 0.5) is 5.82 Å². The van der Waals surface area contributed by atoms with Gasteiger partial charge in [-0.25, -0.2) is 10.8 Å². The molecule has 3 rings (SSSR count).